The van der Waals surface area contributed by atoms with Crippen molar-refractivity contribution in [1.82, 2.24) is 0 Å². The van der Waals surface area contributed by atoms with Gasteiger partial charge in [0.25, 0.3) is 0 Å². The molecule has 0 aliphatic rings. The minimum atomic E-state index is -1.53. The Balaban J connectivity index is 1.42. The van der Waals surface area contributed by atoms with Crippen LogP contribution in [0.1, 0.15) is 60.4 Å². The zero-order valence-corrected chi connectivity index (χ0v) is 21.3. The predicted molar refractivity (Wildman–Crippen MR) is 139 cm³/mol. The second-order valence-corrected chi connectivity index (χ2v) is 9.82. The summed E-state index contributed by atoms with van der Waals surface area (Å²) in [4.78, 5) is 0. The fourth-order valence-corrected chi connectivity index (χ4v) is 4.83. The molecule has 200 valence electrons. The van der Waals surface area contributed by atoms with E-state index in [4.69, 9.17) is 0 Å². The molecule has 0 unspecified atom stereocenters. The summed E-state index contributed by atoms with van der Waals surface area (Å²) in [6.07, 6.45) is 5.72. The molecule has 0 radical (unpaired) electrons. The van der Waals surface area contributed by atoms with Gasteiger partial charge in [-0.2, -0.15) is 0 Å². The standard InChI is InChI=1S/C32H30F6/c1-2-3-4-5-6-21-16-27(33)26(28(34)17-21)14-9-20-8-13-25-24(15-20)12-11-23(31(25)37)10-7-22-18-29(35)32(38)30(36)19-22/h8,11-13,15-19H,2-7,9-10,14H2,1H3. The summed E-state index contributed by atoms with van der Waals surface area (Å²) in [5, 5.41) is 1.03. The second-order valence-electron chi connectivity index (χ2n) is 9.82. The van der Waals surface area contributed by atoms with E-state index in [2.05, 4.69) is 6.92 Å². The molecule has 0 atom stereocenters. The van der Waals surface area contributed by atoms with E-state index in [-0.39, 0.29) is 30.4 Å². The number of hydrogen-bond donors (Lipinski definition) is 0. The van der Waals surface area contributed by atoms with Crippen LogP contribution in [0.15, 0.2) is 54.6 Å². The van der Waals surface area contributed by atoms with Gasteiger partial charge < -0.3 is 0 Å². The molecule has 0 N–H and O–H groups in total. The van der Waals surface area contributed by atoms with Crippen molar-refractivity contribution in [2.24, 2.45) is 0 Å². The van der Waals surface area contributed by atoms with Gasteiger partial charge in [0.05, 0.1) is 0 Å². The molecule has 6 heteroatoms. The summed E-state index contributed by atoms with van der Waals surface area (Å²) in [5.74, 6) is -5.58. The van der Waals surface area contributed by atoms with Gasteiger partial charge in [-0.15, -0.1) is 0 Å². The zero-order valence-electron chi connectivity index (χ0n) is 21.3. The first kappa shape index (κ1) is 27.7. The molecule has 4 rings (SSSR count). The maximum atomic E-state index is 15.1. The van der Waals surface area contributed by atoms with Crippen molar-refractivity contribution in [3.8, 4) is 0 Å². The van der Waals surface area contributed by atoms with Gasteiger partial charge in [-0.25, -0.2) is 26.3 Å². The van der Waals surface area contributed by atoms with Crippen LogP contribution in [0.5, 0.6) is 0 Å². The normalized spacial score (nSPS) is 11.4. The van der Waals surface area contributed by atoms with Gasteiger partial charge in [0.15, 0.2) is 17.5 Å². The molecule has 0 fully saturated rings. The Kier molecular flexibility index (Phi) is 9.13. The minimum Gasteiger partial charge on any atom is -0.207 e. The Labute approximate surface area is 219 Å². The number of unbranched alkanes of at least 4 members (excludes halogenated alkanes) is 3. The first-order chi connectivity index (χ1) is 18.3. The third kappa shape index (κ3) is 6.58. The molecule has 0 bridgehead atoms. The maximum Gasteiger partial charge on any atom is 0.194 e. The SMILES string of the molecule is CCCCCCc1cc(F)c(CCc2ccc3c(F)c(CCc4cc(F)c(F)c(F)c4)ccc3c2)c(F)c1. The molecular weight excluding hydrogens is 498 g/mol. The quantitative estimate of drug-likeness (QED) is 0.103. The Morgan fingerprint density at radius 3 is 1.82 bits per heavy atom. The fourth-order valence-electron chi connectivity index (χ4n) is 4.83. The second kappa shape index (κ2) is 12.5. The number of aryl methyl sites for hydroxylation is 4. The lowest BCUT2D eigenvalue weighted by Crippen LogP contribution is -2.02. The fraction of sp³-hybridized carbons (Fsp3) is 0.312. The number of hydrogen-bond acceptors (Lipinski definition) is 0. The molecule has 0 aliphatic heterocycles. The van der Waals surface area contributed by atoms with Crippen LogP contribution in [0, 0.1) is 34.9 Å². The van der Waals surface area contributed by atoms with E-state index < -0.39 is 34.9 Å². The average molecular weight is 529 g/mol. The van der Waals surface area contributed by atoms with Gasteiger partial charge in [0.1, 0.15) is 17.5 Å². The Hall–Kier alpha value is -3.28. The molecule has 0 heterocycles. The molecular formula is C32H30F6. The van der Waals surface area contributed by atoms with Crippen LogP contribution in [0.3, 0.4) is 0 Å². The predicted octanol–water partition coefficient (Wildman–Crippen LogP) is 9.37. The summed E-state index contributed by atoms with van der Waals surface area (Å²) < 4.78 is 84.5. The number of rotatable bonds is 11. The molecule has 0 aromatic heterocycles. The third-order valence-corrected chi connectivity index (χ3v) is 7.01. The zero-order chi connectivity index (χ0) is 27.2. The maximum absolute atomic E-state index is 15.1. The van der Waals surface area contributed by atoms with Crippen molar-refractivity contribution < 1.29 is 26.3 Å². The number of benzene rings is 4. The largest absolute Gasteiger partial charge is 0.207 e. The summed E-state index contributed by atoms with van der Waals surface area (Å²) in [7, 11) is 0. The van der Waals surface area contributed by atoms with E-state index in [1.807, 2.05) is 0 Å². The highest BCUT2D eigenvalue weighted by Crippen LogP contribution is 2.26. The lowest BCUT2D eigenvalue weighted by atomic mass is 9.96. The molecule has 4 aromatic carbocycles. The first-order valence-corrected chi connectivity index (χ1v) is 13.1. The lowest BCUT2D eigenvalue weighted by Gasteiger charge is -2.11. The Morgan fingerprint density at radius 1 is 0.500 bits per heavy atom. The van der Waals surface area contributed by atoms with Crippen molar-refractivity contribution in [3.63, 3.8) is 0 Å². The van der Waals surface area contributed by atoms with Crippen LogP contribution in [0.25, 0.3) is 10.8 Å². The third-order valence-electron chi connectivity index (χ3n) is 7.01. The molecule has 0 saturated heterocycles. The van der Waals surface area contributed by atoms with E-state index in [0.29, 0.717) is 34.7 Å². The summed E-state index contributed by atoms with van der Waals surface area (Å²) in [5.41, 5.74) is 2.16. The Morgan fingerprint density at radius 2 is 1.13 bits per heavy atom. The molecule has 0 spiro atoms. The van der Waals surface area contributed by atoms with Gasteiger partial charge in [-0.3, -0.25) is 0 Å². The van der Waals surface area contributed by atoms with Crippen LogP contribution in [-0.4, -0.2) is 0 Å². The molecule has 0 nitrogen and oxygen atoms in total. The highest BCUT2D eigenvalue weighted by Gasteiger charge is 2.14. The van der Waals surface area contributed by atoms with Crippen LogP contribution in [0.4, 0.5) is 26.3 Å². The van der Waals surface area contributed by atoms with E-state index in [0.717, 1.165) is 43.4 Å². The van der Waals surface area contributed by atoms with Gasteiger partial charge in [-0.1, -0.05) is 56.5 Å². The van der Waals surface area contributed by atoms with Gasteiger partial charge in [0.2, 0.25) is 0 Å². The van der Waals surface area contributed by atoms with Crippen LogP contribution in [0.2, 0.25) is 0 Å². The van der Waals surface area contributed by atoms with E-state index >= 15 is 4.39 Å². The highest BCUT2D eigenvalue weighted by atomic mass is 19.2. The monoisotopic (exact) mass is 528 g/mol. The van der Waals surface area contributed by atoms with Crippen molar-refractivity contribution in [2.75, 3.05) is 0 Å². The van der Waals surface area contributed by atoms with Gasteiger partial charge in [-0.05, 0) is 90.4 Å². The molecule has 0 amide bonds. The summed E-state index contributed by atoms with van der Waals surface area (Å²) in [6.45, 7) is 2.11. The van der Waals surface area contributed by atoms with Crippen molar-refractivity contribution in [2.45, 2.75) is 64.7 Å². The highest BCUT2D eigenvalue weighted by molar-refractivity contribution is 5.84. The van der Waals surface area contributed by atoms with Crippen LogP contribution >= 0.6 is 0 Å². The van der Waals surface area contributed by atoms with Crippen LogP contribution in [-0.2, 0) is 32.1 Å². The first-order valence-electron chi connectivity index (χ1n) is 13.1. The van der Waals surface area contributed by atoms with Crippen LogP contribution < -0.4 is 0 Å². The number of fused-ring (bicyclic) bond motifs is 1. The van der Waals surface area contributed by atoms with Gasteiger partial charge >= 0.3 is 0 Å². The minimum absolute atomic E-state index is 0.0533. The van der Waals surface area contributed by atoms with E-state index in [1.165, 1.54) is 12.1 Å². The van der Waals surface area contributed by atoms with Gasteiger partial charge in [0, 0.05) is 10.9 Å². The molecule has 0 saturated carbocycles. The molecule has 38 heavy (non-hydrogen) atoms. The number of halogens is 6. The molecule has 0 aliphatic carbocycles. The topological polar surface area (TPSA) is 0 Å². The molecule has 4 aromatic rings. The van der Waals surface area contributed by atoms with Crippen molar-refractivity contribution >= 4 is 10.8 Å². The average Bonchev–Trinajstić information content (AvgIpc) is 2.89. The van der Waals surface area contributed by atoms with E-state index in [9.17, 15) is 22.0 Å². The lowest BCUT2D eigenvalue weighted by molar-refractivity contribution is 0.445. The van der Waals surface area contributed by atoms with E-state index in [1.54, 1.807) is 30.3 Å². The summed E-state index contributed by atoms with van der Waals surface area (Å²) in [6, 6.07) is 13.2. The van der Waals surface area contributed by atoms with Crippen molar-refractivity contribution in [1.29, 1.82) is 0 Å². The Bertz CT molecular complexity index is 1380. The van der Waals surface area contributed by atoms with Crippen molar-refractivity contribution in [3.05, 3.63) is 117 Å². The summed E-state index contributed by atoms with van der Waals surface area (Å²) >= 11 is 0. The smallest absolute Gasteiger partial charge is 0.194 e.